The van der Waals surface area contributed by atoms with Crippen LogP contribution in [0, 0.1) is 0 Å². The Morgan fingerprint density at radius 2 is 1.69 bits per heavy atom. The van der Waals surface area contributed by atoms with E-state index in [0.717, 1.165) is 18.4 Å². The molecule has 0 spiro atoms. The second kappa shape index (κ2) is 8.98. The summed E-state index contributed by atoms with van der Waals surface area (Å²) in [4.78, 5) is 15.9. The van der Waals surface area contributed by atoms with Gasteiger partial charge in [0.15, 0.2) is 0 Å². The van der Waals surface area contributed by atoms with Crippen LogP contribution in [-0.4, -0.2) is 49.7 Å². The minimum absolute atomic E-state index is 0.0161. The molecule has 0 unspecified atom stereocenters. The largest absolute Gasteiger partial charge is 0.340 e. The van der Waals surface area contributed by atoms with Gasteiger partial charge in [0.25, 0.3) is 0 Å². The van der Waals surface area contributed by atoms with Crippen molar-refractivity contribution in [3.8, 4) is 0 Å². The Labute approximate surface area is 178 Å². The van der Waals surface area contributed by atoms with Crippen LogP contribution in [-0.2, 0) is 26.7 Å². The van der Waals surface area contributed by atoms with E-state index in [1.807, 2.05) is 23.6 Å². The molecule has 1 aliphatic rings. The zero-order valence-electron chi connectivity index (χ0n) is 17.4. The van der Waals surface area contributed by atoms with Crippen molar-refractivity contribution in [1.82, 2.24) is 9.21 Å². The average Bonchev–Trinajstić information content (AvgIpc) is 3.21. The fourth-order valence-corrected chi connectivity index (χ4v) is 5.65. The molecule has 0 N–H and O–H groups in total. The predicted octanol–water partition coefficient (Wildman–Crippen LogP) is 3.90. The zero-order valence-corrected chi connectivity index (χ0v) is 19.1. The van der Waals surface area contributed by atoms with Crippen LogP contribution in [0.3, 0.4) is 0 Å². The van der Waals surface area contributed by atoms with Gasteiger partial charge in [-0.2, -0.15) is 4.31 Å². The summed E-state index contributed by atoms with van der Waals surface area (Å²) < 4.78 is 27.4. The van der Waals surface area contributed by atoms with Gasteiger partial charge < -0.3 is 4.90 Å². The van der Waals surface area contributed by atoms with E-state index in [2.05, 4.69) is 26.8 Å². The number of benzene rings is 1. The first-order valence-corrected chi connectivity index (χ1v) is 12.4. The minimum atomic E-state index is -3.52. The van der Waals surface area contributed by atoms with Gasteiger partial charge in [-0.15, -0.1) is 11.3 Å². The number of thiophene rings is 1. The van der Waals surface area contributed by atoms with E-state index in [0.29, 0.717) is 37.5 Å². The maximum absolute atomic E-state index is 13.0. The van der Waals surface area contributed by atoms with Crippen LogP contribution in [0.15, 0.2) is 46.7 Å². The third kappa shape index (κ3) is 5.47. The number of rotatable bonds is 6. The van der Waals surface area contributed by atoms with Gasteiger partial charge in [0.1, 0.15) is 0 Å². The van der Waals surface area contributed by atoms with Crippen LogP contribution in [0.2, 0.25) is 0 Å². The second-order valence-corrected chi connectivity index (χ2v) is 11.5. The summed E-state index contributed by atoms with van der Waals surface area (Å²) in [6.45, 7) is 7.92. The quantitative estimate of drug-likeness (QED) is 0.693. The molecule has 2 heterocycles. The molecular formula is C22H30N2O3S2. The van der Waals surface area contributed by atoms with Gasteiger partial charge in [-0.05, 0) is 47.4 Å². The Morgan fingerprint density at radius 3 is 2.24 bits per heavy atom. The topological polar surface area (TPSA) is 57.7 Å². The normalized spacial score (nSPS) is 16.2. The van der Waals surface area contributed by atoms with Gasteiger partial charge in [-0.3, -0.25) is 4.79 Å². The van der Waals surface area contributed by atoms with Crippen LogP contribution in [0.1, 0.15) is 44.1 Å². The van der Waals surface area contributed by atoms with Crippen molar-refractivity contribution in [1.29, 1.82) is 0 Å². The zero-order chi connectivity index (χ0) is 21.1. The summed E-state index contributed by atoms with van der Waals surface area (Å²) in [5.74, 6) is 0.119. The van der Waals surface area contributed by atoms with E-state index < -0.39 is 10.0 Å². The summed E-state index contributed by atoms with van der Waals surface area (Å²) in [7, 11) is -3.52. The van der Waals surface area contributed by atoms with Gasteiger partial charge in [-0.25, -0.2) is 8.42 Å². The number of hydrogen-bond acceptors (Lipinski definition) is 4. The average molecular weight is 435 g/mol. The van der Waals surface area contributed by atoms with Crippen molar-refractivity contribution in [3.05, 3.63) is 52.2 Å². The summed E-state index contributed by atoms with van der Waals surface area (Å²) in [6, 6.07) is 11.3. The Bertz CT molecular complexity index is 906. The number of nitrogens with zero attached hydrogens (tertiary/aromatic N) is 2. The van der Waals surface area contributed by atoms with Crippen LogP contribution in [0.4, 0.5) is 0 Å². The molecule has 29 heavy (non-hydrogen) atoms. The highest BCUT2D eigenvalue weighted by Gasteiger charge is 2.30. The molecule has 0 atom stereocenters. The van der Waals surface area contributed by atoms with Gasteiger partial charge in [0, 0.05) is 37.5 Å². The first-order chi connectivity index (χ1) is 13.7. The monoisotopic (exact) mass is 434 g/mol. The molecule has 0 aliphatic carbocycles. The Balaban J connectivity index is 1.53. The number of amides is 1. The Kier molecular flexibility index (Phi) is 6.81. The number of hydrogen-bond donors (Lipinski definition) is 0. The molecule has 0 saturated carbocycles. The van der Waals surface area contributed by atoms with Gasteiger partial charge in [0.05, 0.1) is 4.90 Å². The first-order valence-electron chi connectivity index (χ1n) is 10.1. The number of carbonyl (C=O) groups excluding carboxylic acids is 1. The SMILES string of the molecule is CC(C)(C)c1ccc(S(=O)(=O)N2CCN(C(=O)CCCc3cccs3)CC2)cc1. The first kappa shape index (κ1) is 22.0. The number of carbonyl (C=O) groups is 1. The lowest BCUT2D eigenvalue weighted by Gasteiger charge is -2.34. The van der Waals surface area contributed by atoms with Crippen molar-refractivity contribution in [2.75, 3.05) is 26.2 Å². The van der Waals surface area contributed by atoms with E-state index in [9.17, 15) is 13.2 Å². The maximum atomic E-state index is 13.0. The fraction of sp³-hybridized carbons (Fsp3) is 0.500. The molecule has 0 radical (unpaired) electrons. The van der Waals surface area contributed by atoms with Crippen LogP contribution < -0.4 is 0 Å². The third-order valence-electron chi connectivity index (χ3n) is 5.34. The van der Waals surface area contributed by atoms with E-state index in [1.165, 1.54) is 9.18 Å². The smallest absolute Gasteiger partial charge is 0.243 e. The van der Waals surface area contributed by atoms with Gasteiger partial charge in [0.2, 0.25) is 15.9 Å². The third-order valence-corrected chi connectivity index (χ3v) is 8.19. The lowest BCUT2D eigenvalue weighted by molar-refractivity contribution is -0.132. The molecular weight excluding hydrogens is 404 g/mol. The molecule has 1 amide bonds. The summed E-state index contributed by atoms with van der Waals surface area (Å²) in [5.41, 5.74) is 1.09. The number of sulfonamides is 1. The van der Waals surface area contributed by atoms with Gasteiger partial charge in [-0.1, -0.05) is 39.0 Å². The molecule has 3 rings (SSSR count). The van der Waals surface area contributed by atoms with Crippen LogP contribution >= 0.6 is 11.3 Å². The fourth-order valence-electron chi connectivity index (χ4n) is 3.48. The van der Waals surface area contributed by atoms with E-state index >= 15 is 0 Å². The highest BCUT2D eigenvalue weighted by molar-refractivity contribution is 7.89. The molecule has 1 saturated heterocycles. The molecule has 5 nitrogen and oxygen atoms in total. The van der Waals surface area contributed by atoms with Gasteiger partial charge >= 0.3 is 0 Å². The lowest BCUT2D eigenvalue weighted by Crippen LogP contribution is -2.50. The second-order valence-electron chi connectivity index (χ2n) is 8.49. The summed E-state index contributed by atoms with van der Waals surface area (Å²) >= 11 is 1.71. The molecule has 1 aromatic carbocycles. The number of aryl methyl sites for hydroxylation is 1. The predicted molar refractivity (Wildman–Crippen MR) is 118 cm³/mol. The summed E-state index contributed by atoms with van der Waals surface area (Å²) in [6.07, 6.45) is 2.26. The Morgan fingerprint density at radius 1 is 1.03 bits per heavy atom. The molecule has 158 valence electrons. The number of piperazine rings is 1. The van der Waals surface area contributed by atoms with Crippen molar-refractivity contribution < 1.29 is 13.2 Å². The molecule has 2 aromatic rings. The van der Waals surface area contributed by atoms with Crippen LogP contribution in [0.25, 0.3) is 0 Å². The molecule has 1 fully saturated rings. The van der Waals surface area contributed by atoms with Crippen molar-refractivity contribution in [2.45, 2.75) is 50.3 Å². The lowest BCUT2D eigenvalue weighted by atomic mass is 9.87. The molecule has 7 heteroatoms. The molecule has 1 aromatic heterocycles. The van der Waals surface area contributed by atoms with E-state index in [4.69, 9.17) is 0 Å². The maximum Gasteiger partial charge on any atom is 0.243 e. The highest BCUT2D eigenvalue weighted by atomic mass is 32.2. The molecule has 0 bridgehead atoms. The minimum Gasteiger partial charge on any atom is -0.340 e. The van der Waals surface area contributed by atoms with E-state index in [1.54, 1.807) is 28.4 Å². The van der Waals surface area contributed by atoms with Crippen molar-refractivity contribution >= 4 is 27.3 Å². The highest BCUT2D eigenvalue weighted by Crippen LogP contribution is 2.25. The van der Waals surface area contributed by atoms with Crippen molar-refractivity contribution in [2.24, 2.45) is 0 Å². The van der Waals surface area contributed by atoms with Crippen molar-refractivity contribution in [3.63, 3.8) is 0 Å². The summed E-state index contributed by atoms with van der Waals surface area (Å²) in [5, 5.41) is 2.05. The van der Waals surface area contributed by atoms with Crippen LogP contribution in [0.5, 0.6) is 0 Å². The standard InChI is InChI=1S/C22H30N2O3S2/c1-22(2,3)18-9-11-20(12-10-18)29(26,27)24-15-13-23(14-16-24)21(25)8-4-6-19-7-5-17-28-19/h5,7,9-12,17H,4,6,8,13-16H2,1-3H3. The molecule has 1 aliphatic heterocycles. The van der Waals surface area contributed by atoms with E-state index in [-0.39, 0.29) is 11.3 Å². The Hall–Kier alpha value is -1.70.